The Labute approximate surface area is 149 Å². The Morgan fingerprint density at radius 3 is 2.28 bits per heavy atom. The molecule has 0 radical (unpaired) electrons. The minimum absolute atomic E-state index is 0.771. The molecule has 0 aromatic carbocycles. The topological polar surface area (TPSA) is 50.1 Å². The molecule has 1 saturated heterocycles. The Kier molecular flexibility index (Phi) is 4.97. The molecule has 0 atom stereocenters. The summed E-state index contributed by atoms with van der Waals surface area (Å²) in [5, 5.41) is 13.2. The second-order valence-electron chi connectivity index (χ2n) is 7.44. The monoisotopic (exact) mass is 340 g/mol. The SMILES string of the molecule is Cc1ccn(-c2ccc(N3CCN(CC4CCCCC4)CC3)nn2)n1. The van der Waals surface area contributed by atoms with E-state index in [9.17, 15) is 0 Å². The summed E-state index contributed by atoms with van der Waals surface area (Å²) < 4.78 is 1.77. The van der Waals surface area contributed by atoms with Crippen LogP contribution in [0.3, 0.4) is 0 Å². The van der Waals surface area contributed by atoms with Crippen molar-refractivity contribution in [1.29, 1.82) is 0 Å². The average Bonchev–Trinajstić information content (AvgIpc) is 3.10. The van der Waals surface area contributed by atoms with Crippen molar-refractivity contribution in [3.8, 4) is 5.82 Å². The van der Waals surface area contributed by atoms with Crippen molar-refractivity contribution in [3.05, 3.63) is 30.1 Å². The third kappa shape index (κ3) is 4.00. The van der Waals surface area contributed by atoms with Crippen LogP contribution >= 0.6 is 0 Å². The molecule has 2 aromatic heterocycles. The van der Waals surface area contributed by atoms with Gasteiger partial charge in [-0.05, 0) is 43.9 Å². The lowest BCUT2D eigenvalue weighted by atomic mass is 9.89. The Hall–Kier alpha value is -1.95. The van der Waals surface area contributed by atoms with Crippen molar-refractivity contribution in [2.24, 2.45) is 5.92 Å². The minimum atomic E-state index is 0.771. The molecule has 2 aliphatic rings. The molecule has 2 aromatic rings. The maximum Gasteiger partial charge on any atom is 0.175 e. The number of hydrogen-bond donors (Lipinski definition) is 0. The van der Waals surface area contributed by atoms with Crippen LogP contribution in [0.2, 0.25) is 0 Å². The van der Waals surface area contributed by atoms with Gasteiger partial charge in [0, 0.05) is 38.9 Å². The van der Waals surface area contributed by atoms with E-state index in [2.05, 4.69) is 31.2 Å². The van der Waals surface area contributed by atoms with Crippen LogP contribution in [0.1, 0.15) is 37.8 Å². The van der Waals surface area contributed by atoms with Gasteiger partial charge >= 0.3 is 0 Å². The fraction of sp³-hybridized carbons (Fsp3) is 0.632. The van der Waals surface area contributed by atoms with Crippen molar-refractivity contribution in [1.82, 2.24) is 24.9 Å². The smallest absolute Gasteiger partial charge is 0.175 e. The van der Waals surface area contributed by atoms with Crippen LogP contribution in [-0.2, 0) is 0 Å². The summed E-state index contributed by atoms with van der Waals surface area (Å²) in [6.45, 7) is 7.63. The highest BCUT2D eigenvalue weighted by molar-refractivity contribution is 5.40. The standard InChI is InChI=1S/C19H28N6/c1-16-9-10-25(22-16)19-8-7-18(20-21-19)24-13-11-23(12-14-24)15-17-5-3-2-4-6-17/h7-10,17H,2-6,11-15H2,1H3. The number of hydrogen-bond acceptors (Lipinski definition) is 5. The van der Waals surface area contributed by atoms with Crippen LogP contribution in [0.5, 0.6) is 0 Å². The number of nitrogens with zero attached hydrogens (tertiary/aromatic N) is 6. The highest BCUT2D eigenvalue weighted by Crippen LogP contribution is 2.25. The van der Waals surface area contributed by atoms with Crippen LogP contribution in [0, 0.1) is 12.8 Å². The number of rotatable bonds is 4. The first-order valence-electron chi connectivity index (χ1n) is 9.61. The quantitative estimate of drug-likeness (QED) is 0.856. The molecule has 6 nitrogen and oxygen atoms in total. The molecular formula is C19H28N6. The molecule has 1 aliphatic heterocycles. The predicted octanol–water partition coefficient (Wildman–Crippen LogP) is 2.67. The molecule has 1 aliphatic carbocycles. The van der Waals surface area contributed by atoms with Crippen molar-refractivity contribution in [2.45, 2.75) is 39.0 Å². The lowest BCUT2D eigenvalue weighted by molar-refractivity contribution is 0.191. The van der Waals surface area contributed by atoms with Crippen molar-refractivity contribution < 1.29 is 0 Å². The van der Waals surface area contributed by atoms with Crippen molar-refractivity contribution in [3.63, 3.8) is 0 Å². The summed E-state index contributed by atoms with van der Waals surface area (Å²) in [5.41, 5.74) is 0.986. The molecule has 2 fully saturated rings. The van der Waals surface area contributed by atoms with E-state index >= 15 is 0 Å². The van der Waals surface area contributed by atoms with Gasteiger partial charge in [-0.2, -0.15) is 5.10 Å². The summed E-state index contributed by atoms with van der Waals surface area (Å²) in [6.07, 6.45) is 9.09. The maximum absolute atomic E-state index is 4.43. The third-order valence-electron chi connectivity index (χ3n) is 5.53. The van der Waals surface area contributed by atoms with E-state index in [0.717, 1.165) is 49.4 Å². The minimum Gasteiger partial charge on any atom is -0.353 e. The van der Waals surface area contributed by atoms with Gasteiger partial charge in [-0.25, -0.2) is 4.68 Å². The Morgan fingerprint density at radius 1 is 0.920 bits per heavy atom. The first-order valence-corrected chi connectivity index (χ1v) is 9.61. The normalized spacial score (nSPS) is 20.1. The predicted molar refractivity (Wildman–Crippen MR) is 99.1 cm³/mol. The number of aromatic nitrogens is 4. The van der Waals surface area contributed by atoms with Crippen LogP contribution in [0.4, 0.5) is 5.82 Å². The van der Waals surface area contributed by atoms with Crippen LogP contribution < -0.4 is 4.90 Å². The first-order chi connectivity index (χ1) is 12.3. The third-order valence-corrected chi connectivity index (χ3v) is 5.53. The summed E-state index contributed by atoms with van der Waals surface area (Å²) >= 11 is 0. The first kappa shape index (κ1) is 16.5. The molecule has 0 N–H and O–H groups in total. The maximum atomic E-state index is 4.43. The second-order valence-corrected chi connectivity index (χ2v) is 7.44. The molecule has 4 rings (SSSR count). The highest BCUT2D eigenvalue weighted by Gasteiger charge is 2.22. The zero-order valence-corrected chi connectivity index (χ0v) is 15.1. The fourth-order valence-electron chi connectivity index (χ4n) is 4.05. The van der Waals surface area contributed by atoms with E-state index in [-0.39, 0.29) is 0 Å². The van der Waals surface area contributed by atoms with Gasteiger partial charge in [0.2, 0.25) is 0 Å². The molecule has 3 heterocycles. The van der Waals surface area contributed by atoms with Crippen LogP contribution in [0.15, 0.2) is 24.4 Å². The zero-order chi connectivity index (χ0) is 17.1. The van der Waals surface area contributed by atoms with E-state index in [1.54, 1.807) is 4.68 Å². The molecule has 0 bridgehead atoms. The fourth-order valence-corrected chi connectivity index (χ4v) is 4.05. The molecule has 25 heavy (non-hydrogen) atoms. The van der Waals surface area contributed by atoms with E-state index in [4.69, 9.17) is 0 Å². The Morgan fingerprint density at radius 2 is 1.64 bits per heavy atom. The van der Waals surface area contributed by atoms with Crippen LogP contribution in [-0.4, -0.2) is 57.6 Å². The number of anilines is 1. The summed E-state index contributed by atoms with van der Waals surface area (Å²) in [7, 11) is 0. The summed E-state index contributed by atoms with van der Waals surface area (Å²) in [6, 6.07) is 6.04. The molecule has 0 spiro atoms. The van der Waals surface area contributed by atoms with E-state index in [1.807, 2.05) is 25.3 Å². The number of piperazine rings is 1. The van der Waals surface area contributed by atoms with Gasteiger partial charge in [0.15, 0.2) is 11.6 Å². The Bertz CT molecular complexity index is 665. The van der Waals surface area contributed by atoms with Gasteiger partial charge in [0.25, 0.3) is 0 Å². The number of aryl methyl sites for hydroxylation is 1. The molecule has 1 saturated carbocycles. The molecule has 6 heteroatoms. The van der Waals surface area contributed by atoms with Gasteiger partial charge < -0.3 is 4.90 Å². The summed E-state index contributed by atoms with van der Waals surface area (Å²) in [4.78, 5) is 4.99. The largest absolute Gasteiger partial charge is 0.353 e. The van der Waals surface area contributed by atoms with Crippen LogP contribution in [0.25, 0.3) is 5.82 Å². The Balaban J connectivity index is 1.31. The zero-order valence-electron chi connectivity index (χ0n) is 15.1. The van der Waals surface area contributed by atoms with E-state index in [0.29, 0.717) is 0 Å². The van der Waals surface area contributed by atoms with Crippen molar-refractivity contribution in [2.75, 3.05) is 37.6 Å². The van der Waals surface area contributed by atoms with Gasteiger partial charge in [0.1, 0.15) is 0 Å². The second kappa shape index (κ2) is 7.52. The van der Waals surface area contributed by atoms with Gasteiger partial charge in [-0.1, -0.05) is 19.3 Å². The van der Waals surface area contributed by atoms with Gasteiger partial charge in [-0.15, -0.1) is 10.2 Å². The average molecular weight is 340 g/mol. The molecular weight excluding hydrogens is 312 g/mol. The lowest BCUT2D eigenvalue weighted by Gasteiger charge is -2.37. The highest BCUT2D eigenvalue weighted by atomic mass is 15.4. The molecule has 134 valence electrons. The van der Waals surface area contributed by atoms with Gasteiger partial charge in [0.05, 0.1) is 5.69 Å². The molecule has 0 unspecified atom stereocenters. The lowest BCUT2D eigenvalue weighted by Crippen LogP contribution is -2.48. The van der Waals surface area contributed by atoms with E-state index < -0.39 is 0 Å². The van der Waals surface area contributed by atoms with E-state index in [1.165, 1.54) is 38.6 Å². The summed E-state index contributed by atoms with van der Waals surface area (Å²) in [5.74, 6) is 2.68. The van der Waals surface area contributed by atoms with Crippen molar-refractivity contribution >= 4 is 5.82 Å². The molecule has 0 amide bonds. The van der Waals surface area contributed by atoms with Gasteiger partial charge in [-0.3, -0.25) is 4.90 Å².